The number of nitrogens with two attached hydrogens (primary N) is 1. The first-order chi connectivity index (χ1) is 8.29. The molecule has 0 aliphatic rings. The van der Waals surface area contributed by atoms with Crippen LogP contribution in [0.1, 0.15) is 21.6 Å². The summed E-state index contributed by atoms with van der Waals surface area (Å²) in [6.45, 7) is 0.835. The van der Waals surface area contributed by atoms with E-state index in [9.17, 15) is 4.79 Å². The molecule has 0 unspecified atom stereocenters. The van der Waals surface area contributed by atoms with Crippen LogP contribution in [0.4, 0.5) is 0 Å². The Morgan fingerprint density at radius 3 is 3.06 bits per heavy atom. The van der Waals surface area contributed by atoms with E-state index in [0.29, 0.717) is 24.3 Å². The number of aromatic nitrogens is 2. The average molecular weight is 230 g/mol. The summed E-state index contributed by atoms with van der Waals surface area (Å²) in [5, 5.41) is 2.83. The highest BCUT2D eigenvalue weighted by Gasteiger charge is 2.06. The summed E-state index contributed by atoms with van der Waals surface area (Å²) < 4.78 is 0. The molecular formula is C12H14N4O. The third-order valence-electron chi connectivity index (χ3n) is 2.40. The van der Waals surface area contributed by atoms with Gasteiger partial charge < -0.3 is 16.0 Å². The van der Waals surface area contributed by atoms with E-state index in [1.165, 1.54) is 0 Å². The van der Waals surface area contributed by atoms with Crippen molar-refractivity contribution in [1.29, 1.82) is 0 Å². The average Bonchev–Trinajstić information content (AvgIpc) is 2.89. The standard InChI is InChI=1S/C12H14N4O/c13-6-11-5-10(2-4-15-11)12(17)16-8-9-1-3-14-7-9/h1-5,7,14H,6,8,13H2,(H,16,17). The first kappa shape index (κ1) is 11.3. The Kier molecular flexibility index (Phi) is 3.52. The molecule has 0 bridgehead atoms. The summed E-state index contributed by atoms with van der Waals surface area (Å²) in [5.74, 6) is -0.122. The molecule has 2 heterocycles. The number of nitrogens with one attached hydrogen (secondary N) is 2. The van der Waals surface area contributed by atoms with E-state index < -0.39 is 0 Å². The van der Waals surface area contributed by atoms with Crippen LogP contribution >= 0.6 is 0 Å². The topological polar surface area (TPSA) is 83.8 Å². The number of carbonyl (C=O) groups excluding carboxylic acids is 1. The van der Waals surface area contributed by atoms with Crippen molar-refractivity contribution in [2.45, 2.75) is 13.1 Å². The van der Waals surface area contributed by atoms with Gasteiger partial charge in [0, 0.05) is 37.2 Å². The summed E-state index contributed by atoms with van der Waals surface area (Å²) >= 11 is 0. The smallest absolute Gasteiger partial charge is 0.251 e. The van der Waals surface area contributed by atoms with Crippen LogP contribution in [0.25, 0.3) is 0 Å². The SMILES string of the molecule is NCc1cc(C(=O)NCc2cc[nH]c2)ccn1. The fraction of sp³-hybridized carbons (Fsp3) is 0.167. The molecule has 0 spiro atoms. The molecule has 1 amide bonds. The van der Waals surface area contributed by atoms with Crippen molar-refractivity contribution < 1.29 is 4.79 Å². The zero-order valence-electron chi connectivity index (χ0n) is 9.31. The van der Waals surface area contributed by atoms with Crippen LogP contribution in [0.5, 0.6) is 0 Å². The first-order valence-corrected chi connectivity index (χ1v) is 5.34. The second-order valence-electron chi connectivity index (χ2n) is 3.64. The van der Waals surface area contributed by atoms with E-state index in [0.717, 1.165) is 5.56 Å². The molecule has 0 radical (unpaired) electrons. The van der Waals surface area contributed by atoms with Crippen LogP contribution in [0, 0.1) is 0 Å². The van der Waals surface area contributed by atoms with Crippen molar-refractivity contribution in [3.63, 3.8) is 0 Å². The molecule has 0 fully saturated rings. The summed E-state index contributed by atoms with van der Waals surface area (Å²) in [4.78, 5) is 18.8. The first-order valence-electron chi connectivity index (χ1n) is 5.34. The number of pyridine rings is 1. The summed E-state index contributed by atoms with van der Waals surface area (Å²) in [7, 11) is 0. The predicted octanol–water partition coefficient (Wildman–Crippen LogP) is 0.798. The molecule has 2 aromatic rings. The van der Waals surface area contributed by atoms with Gasteiger partial charge in [-0.05, 0) is 23.8 Å². The number of carbonyl (C=O) groups is 1. The highest BCUT2D eigenvalue weighted by Crippen LogP contribution is 2.02. The molecule has 0 aromatic carbocycles. The van der Waals surface area contributed by atoms with E-state index >= 15 is 0 Å². The number of amides is 1. The fourth-order valence-electron chi connectivity index (χ4n) is 1.48. The van der Waals surface area contributed by atoms with Crippen LogP contribution in [0.2, 0.25) is 0 Å². The summed E-state index contributed by atoms with van der Waals surface area (Å²) in [6.07, 6.45) is 5.26. The minimum atomic E-state index is -0.122. The molecule has 5 heteroatoms. The van der Waals surface area contributed by atoms with Gasteiger partial charge in [0.1, 0.15) is 0 Å². The quantitative estimate of drug-likeness (QED) is 0.726. The van der Waals surface area contributed by atoms with Crippen molar-refractivity contribution in [2.24, 2.45) is 5.73 Å². The maximum Gasteiger partial charge on any atom is 0.251 e. The van der Waals surface area contributed by atoms with Gasteiger partial charge in [-0.25, -0.2) is 0 Å². The Labute approximate surface area is 99.1 Å². The minimum absolute atomic E-state index is 0.122. The Bertz CT molecular complexity index is 493. The van der Waals surface area contributed by atoms with Gasteiger partial charge in [-0.3, -0.25) is 9.78 Å². The molecule has 4 N–H and O–H groups in total. The molecule has 2 rings (SSSR count). The molecule has 2 aromatic heterocycles. The van der Waals surface area contributed by atoms with E-state index in [1.54, 1.807) is 18.3 Å². The van der Waals surface area contributed by atoms with Crippen molar-refractivity contribution in [1.82, 2.24) is 15.3 Å². The number of aromatic amines is 1. The van der Waals surface area contributed by atoms with E-state index in [2.05, 4.69) is 15.3 Å². The fourth-order valence-corrected chi connectivity index (χ4v) is 1.48. The second kappa shape index (κ2) is 5.27. The van der Waals surface area contributed by atoms with Crippen molar-refractivity contribution in [3.05, 3.63) is 53.6 Å². The van der Waals surface area contributed by atoms with Crippen LogP contribution in [-0.4, -0.2) is 15.9 Å². The predicted molar refractivity (Wildman–Crippen MR) is 64.1 cm³/mol. The zero-order chi connectivity index (χ0) is 12.1. The number of rotatable bonds is 4. The number of hydrogen-bond acceptors (Lipinski definition) is 3. The number of H-pyrrole nitrogens is 1. The highest BCUT2D eigenvalue weighted by atomic mass is 16.1. The van der Waals surface area contributed by atoms with Gasteiger partial charge >= 0.3 is 0 Å². The maximum atomic E-state index is 11.8. The Balaban J connectivity index is 1.99. The molecule has 0 atom stereocenters. The third-order valence-corrected chi connectivity index (χ3v) is 2.40. The highest BCUT2D eigenvalue weighted by molar-refractivity contribution is 5.94. The largest absolute Gasteiger partial charge is 0.367 e. The van der Waals surface area contributed by atoms with Crippen LogP contribution in [-0.2, 0) is 13.1 Å². The number of nitrogens with zero attached hydrogens (tertiary/aromatic N) is 1. The van der Waals surface area contributed by atoms with E-state index in [-0.39, 0.29) is 5.91 Å². The van der Waals surface area contributed by atoms with E-state index in [1.807, 2.05) is 18.5 Å². The van der Waals surface area contributed by atoms with Crippen molar-refractivity contribution in [2.75, 3.05) is 0 Å². The van der Waals surface area contributed by atoms with Crippen molar-refractivity contribution in [3.8, 4) is 0 Å². The molecule has 88 valence electrons. The summed E-state index contributed by atoms with van der Waals surface area (Å²) in [6, 6.07) is 5.29. The van der Waals surface area contributed by atoms with Gasteiger partial charge in [0.2, 0.25) is 0 Å². The van der Waals surface area contributed by atoms with Gasteiger partial charge in [-0.1, -0.05) is 0 Å². The number of hydrogen-bond donors (Lipinski definition) is 3. The van der Waals surface area contributed by atoms with Gasteiger partial charge in [0.15, 0.2) is 0 Å². The molecule has 0 aliphatic heterocycles. The van der Waals surface area contributed by atoms with E-state index in [4.69, 9.17) is 5.73 Å². The summed E-state index contributed by atoms with van der Waals surface area (Å²) in [5.41, 5.74) is 7.79. The molecule has 0 saturated heterocycles. The molecule has 17 heavy (non-hydrogen) atoms. The lowest BCUT2D eigenvalue weighted by atomic mass is 10.2. The lowest BCUT2D eigenvalue weighted by Crippen LogP contribution is -2.22. The maximum absolute atomic E-state index is 11.8. The normalized spacial score (nSPS) is 10.2. The lowest BCUT2D eigenvalue weighted by molar-refractivity contribution is 0.0950. The Morgan fingerprint density at radius 1 is 1.47 bits per heavy atom. The van der Waals surface area contributed by atoms with Gasteiger partial charge in [-0.2, -0.15) is 0 Å². The molecular weight excluding hydrogens is 216 g/mol. The lowest BCUT2D eigenvalue weighted by Gasteiger charge is -2.04. The van der Waals surface area contributed by atoms with Crippen LogP contribution in [0.15, 0.2) is 36.8 Å². The monoisotopic (exact) mass is 230 g/mol. The molecule has 0 saturated carbocycles. The Morgan fingerprint density at radius 2 is 2.35 bits per heavy atom. The van der Waals surface area contributed by atoms with Crippen LogP contribution in [0.3, 0.4) is 0 Å². The molecule has 5 nitrogen and oxygen atoms in total. The second-order valence-corrected chi connectivity index (χ2v) is 3.64. The van der Waals surface area contributed by atoms with Crippen LogP contribution < -0.4 is 11.1 Å². The van der Waals surface area contributed by atoms with Gasteiger partial charge in [0.25, 0.3) is 5.91 Å². The zero-order valence-corrected chi connectivity index (χ0v) is 9.31. The van der Waals surface area contributed by atoms with Gasteiger partial charge in [0.05, 0.1) is 5.69 Å². The molecule has 0 aliphatic carbocycles. The van der Waals surface area contributed by atoms with Gasteiger partial charge in [-0.15, -0.1) is 0 Å². The third kappa shape index (κ3) is 2.92. The Hall–Kier alpha value is -2.14. The minimum Gasteiger partial charge on any atom is -0.367 e. The van der Waals surface area contributed by atoms with Crippen molar-refractivity contribution >= 4 is 5.91 Å².